The first kappa shape index (κ1) is 37.0. The molecule has 4 heteroatoms. The van der Waals surface area contributed by atoms with Crippen molar-refractivity contribution in [1.82, 2.24) is 0 Å². The molecule has 4 aromatic rings. The normalized spacial score (nSPS) is 17.8. The first-order valence-electron chi connectivity index (χ1n) is 18.6. The van der Waals surface area contributed by atoms with Gasteiger partial charge < -0.3 is 18.4 Å². The Morgan fingerprint density at radius 1 is 0.449 bits per heavy atom. The van der Waals surface area contributed by atoms with Gasteiger partial charge >= 0.3 is 0 Å². The van der Waals surface area contributed by atoms with Gasteiger partial charge in [-0.15, -0.1) is 0 Å². The van der Waals surface area contributed by atoms with Crippen LogP contribution in [0.3, 0.4) is 0 Å². The molecule has 1 fully saturated rings. The van der Waals surface area contributed by atoms with Crippen LogP contribution in [0.25, 0.3) is 0 Å². The van der Waals surface area contributed by atoms with Crippen LogP contribution in [0.4, 0.5) is 0 Å². The molecule has 1 heterocycles. The van der Waals surface area contributed by atoms with Crippen LogP contribution in [0.1, 0.15) is 84.0 Å². The molecule has 49 heavy (non-hydrogen) atoms. The van der Waals surface area contributed by atoms with Crippen molar-refractivity contribution in [2.45, 2.75) is 111 Å². The van der Waals surface area contributed by atoms with E-state index in [4.69, 9.17) is 9.47 Å². The Kier molecular flexibility index (Phi) is 12.2. The van der Waals surface area contributed by atoms with E-state index in [1.165, 1.54) is 44.5 Å². The molecule has 1 aliphatic rings. The van der Waals surface area contributed by atoms with Crippen LogP contribution in [-0.2, 0) is 35.7 Å². The minimum atomic E-state index is -0.532. The highest BCUT2D eigenvalue weighted by molar-refractivity contribution is 5.24. The minimum absolute atomic E-state index is 0.0208. The molecular weight excluding hydrogens is 601 g/mol. The van der Waals surface area contributed by atoms with Crippen LogP contribution < -0.4 is 0 Å². The minimum Gasteiger partial charge on any atom is -0.338 e. The summed E-state index contributed by atoms with van der Waals surface area (Å²) in [6, 6.07) is 36.4. The van der Waals surface area contributed by atoms with E-state index >= 15 is 0 Å². The van der Waals surface area contributed by atoms with Gasteiger partial charge in [-0.25, -0.2) is 0 Å². The predicted octanol–water partition coefficient (Wildman–Crippen LogP) is 9.99. The number of ether oxygens (including phenoxy) is 2. The summed E-state index contributed by atoms with van der Waals surface area (Å²) >= 11 is 0. The lowest BCUT2D eigenvalue weighted by Crippen LogP contribution is -2.54. The van der Waals surface area contributed by atoms with Crippen molar-refractivity contribution in [2.24, 2.45) is 0 Å². The molecule has 0 amide bonds. The van der Waals surface area contributed by atoms with Gasteiger partial charge in [-0.05, 0) is 27.7 Å². The summed E-state index contributed by atoms with van der Waals surface area (Å²) in [7, 11) is 4.85. The Morgan fingerprint density at radius 3 is 0.918 bits per heavy atom. The molecule has 0 radical (unpaired) electrons. The molecule has 1 aliphatic heterocycles. The van der Waals surface area contributed by atoms with E-state index in [0.717, 1.165) is 73.9 Å². The van der Waals surface area contributed by atoms with E-state index in [2.05, 4.69) is 153 Å². The second-order valence-corrected chi connectivity index (χ2v) is 15.9. The third-order valence-corrected chi connectivity index (χ3v) is 10.4. The van der Waals surface area contributed by atoms with Crippen LogP contribution >= 0.6 is 0 Å². The van der Waals surface area contributed by atoms with Crippen LogP contribution in [0.5, 0.6) is 0 Å². The Hall–Kier alpha value is -3.28. The van der Waals surface area contributed by atoms with Crippen LogP contribution in [0, 0.1) is 27.7 Å². The lowest BCUT2D eigenvalue weighted by molar-refractivity contribution is -0.944. The average molecular weight is 663 g/mol. The van der Waals surface area contributed by atoms with Gasteiger partial charge in [0.2, 0.25) is 0 Å². The fraction of sp³-hybridized carbons (Fsp3) is 0.467. The molecule has 0 spiro atoms. The van der Waals surface area contributed by atoms with Crippen molar-refractivity contribution in [3.8, 4) is 0 Å². The predicted molar refractivity (Wildman–Crippen MR) is 204 cm³/mol. The van der Waals surface area contributed by atoms with Gasteiger partial charge in [0.05, 0.1) is 14.1 Å². The van der Waals surface area contributed by atoms with Crippen LogP contribution in [-0.4, -0.2) is 54.1 Å². The number of nitrogens with zero attached hydrogens (tertiary/aromatic N) is 2. The molecule has 4 aromatic carbocycles. The highest BCUT2D eigenvalue weighted by Crippen LogP contribution is 2.39. The summed E-state index contributed by atoms with van der Waals surface area (Å²) in [6.45, 7) is 18.7. The van der Waals surface area contributed by atoms with Crippen molar-refractivity contribution in [3.63, 3.8) is 0 Å². The zero-order valence-corrected chi connectivity index (χ0v) is 31.7. The zero-order chi connectivity index (χ0) is 35.1. The zero-order valence-electron chi connectivity index (χ0n) is 31.7. The second kappa shape index (κ2) is 16.2. The molecule has 2 atom stereocenters. The lowest BCUT2D eigenvalue weighted by atomic mass is 10.0. The molecule has 1 saturated heterocycles. The molecule has 4 nitrogen and oxygen atoms in total. The molecule has 0 bridgehead atoms. The summed E-state index contributed by atoms with van der Waals surface area (Å²) in [5.41, 5.74) is 10.7. The van der Waals surface area contributed by atoms with Crippen molar-refractivity contribution in [2.75, 3.05) is 27.2 Å². The second-order valence-electron chi connectivity index (χ2n) is 15.9. The number of hydrogen-bond donors (Lipinski definition) is 0. The highest BCUT2D eigenvalue weighted by Gasteiger charge is 2.51. The quantitative estimate of drug-likeness (QED) is 0.111. The fourth-order valence-electron chi connectivity index (χ4n) is 7.94. The van der Waals surface area contributed by atoms with Gasteiger partial charge in [0, 0.05) is 35.1 Å². The van der Waals surface area contributed by atoms with E-state index in [0.29, 0.717) is 0 Å². The largest absolute Gasteiger partial charge is 0.338 e. The number of rotatable bonds is 16. The van der Waals surface area contributed by atoms with E-state index in [1.807, 2.05) is 0 Å². The number of likely N-dealkylation sites (N-methyl/N-ethyl adjacent to an activating group) is 2. The molecule has 0 N–H and O–H groups in total. The molecule has 5 rings (SSSR count). The van der Waals surface area contributed by atoms with Crippen LogP contribution in [0.15, 0.2) is 97.1 Å². The molecule has 0 aromatic heterocycles. The monoisotopic (exact) mass is 662 g/mol. The third-order valence-electron chi connectivity index (χ3n) is 10.4. The van der Waals surface area contributed by atoms with Gasteiger partial charge in [-0.3, -0.25) is 0 Å². The summed E-state index contributed by atoms with van der Waals surface area (Å²) in [5, 5.41) is 0. The number of aryl methyl sites for hydroxylation is 4. The van der Waals surface area contributed by atoms with Crippen molar-refractivity contribution in [1.29, 1.82) is 0 Å². The van der Waals surface area contributed by atoms with Gasteiger partial charge in [-0.1, -0.05) is 146 Å². The summed E-state index contributed by atoms with van der Waals surface area (Å²) in [6.07, 6.45) is 3.88. The summed E-state index contributed by atoms with van der Waals surface area (Å²) in [5.74, 6) is -0.532. The Bertz CT molecular complexity index is 1370. The molecular formula is C45H62N2O2+2. The van der Waals surface area contributed by atoms with Gasteiger partial charge in [-0.2, -0.15) is 0 Å². The molecule has 262 valence electrons. The van der Waals surface area contributed by atoms with E-state index < -0.39 is 5.79 Å². The maximum absolute atomic E-state index is 7.28. The average Bonchev–Trinajstić information content (AvgIpc) is 3.36. The molecule has 0 aliphatic carbocycles. The van der Waals surface area contributed by atoms with Gasteiger partial charge in [0.15, 0.2) is 5.79 Å². The lowest BCUT2D eigenvalue weighted by Gasteiger charge is -2.40. The Morgan fingerprint density at radius 2 is 0.694 bits per heavy atom. The van der Waals surface area contributed by atoms with Gasteiger partial charge in [0.1, 0.15) is 51.5 Å². The Balaban J connectivity index is 1.50. The van der Waals surface area contributed by atoms with Crippen molar-refractivity contribution >= 4 is 0 Å². The number of benzene rings is 4. The number of hydrogen-bond acceptors (Lipinski definition) is 2. The van der Waals surface area contributed by atoms with Crippen molar-refractivity contribution < 1.29 is 18.4 Å². The van der Waals surface area contributed by atoms with E-state index in [9.17, 15) is 0 Å². The maximum Gasteiger partial charge on any atom is 0.169 e. The SMILES string of the molecule is CCCC1(CCC)O[C@@H](C[N+](C)(Cc2ccc(C)cc2)Cc2ccc(C)cc2)[C@H](C[N+](C)(Cc2ccc(C)cc2)Cc2ccc(C)cc2)O1. The summed E-state index contributed by atoms with van der Waals surface area (Å²) < 4.78 is 16.3. The van der Waals surface area contributed by atoms with E-state index in [1.54, 1.807) is 0 Å². The van der Waals surface area contributed by atoms with Gasteiger partial charge in [0.25, 0.3) is 0 Å². The fourth-order valence-corrected chi connectivity index (χ4v) is 7.94. The Labute approximate surface area is 297 Å². The molecule has 0 saturated carbocycles. The van der Waals surface area contributed by atoms with E-state index in [-0.39, 0.29) is 12.2 Å². The van der Waals surface area contributed by atoms with Crippen molar-refractivity contribution in [3.05, 3.63) is 142 Å². The number of quaternary nitrogens is 2. The summed E-state index contributed by atoms with van der Waals surface area (Å²) in [4.78, 5) is 0. The van der Waals surface area contributed by atoms with Crippen LogP contribution in [0.2, 0.25) is 0 Å². The third kappa shape index (κ3) is 10.4. The smallest absolute Gasteiger partial charge is 0.169 e. The highest BCUT2D eigenvalue weighted by atomic mass is 16.8. The first-order valence-corrected chi connectivity index (χ1v) is 18.6. The topological polar surface area (TPSA) is 18.5 Å². The maximum atomic E-state index is 7.28. The standard InChI is InChI=1S/C45H62N2O2/c1-9-27-45(28-10-2)48-43(33-46(7,29-39-19-11-35(3)12-20-39)30-40-21-13-36(4)14-22-40)44(49-45)34-47(8,31-41-23-15-37(5)16-24-41)32-42-25-17-38(6)18-26-42/h11-26,43-44H,9-10,27-34H2,1-8H3/q+2/t43-,44-/m0/s1. The first-order chi connectivity index (χ1) is 23.4. The molecule has 0 unspecified atom stereocenters.